The second-order valence-electron chi connectivity index (χ2n) is 8.78. The topological polar surface area (TPSA) is 55.2 Å². The van der Waals surface area contributed by atoms with Gasteiger partial charge in [0.15, 0.2) is 0 Å². The van der Waals surface area contributed by atoms with Crippen LogP contribution in [0.2, 0.25) is 5.02 Å². The van der Waals surface area contributed by atoms with Gasteiger partial charge in [0.05, 0.1) is 10.5 Å². The van der Waals surface area contributed by atoms with Crippen LogP contribution in [0.3, 0.4) is 0 Å². The molecule has 0 fully saturated rings. The van der Waals surface area contributed by atoms with Crippen LogP contribution in [0.5, 0.6) is 5.75 Å². The van der Waals surface area contributed by atoms with E-state index < -0.39 is 0 Å². The third-order valence-corrected chi connectivity index (χ3v) is 5.94. The maximum atomic E-state index is 13.4. The molecule has 0 unspecified atom stereocenters. The third kappa shape index (κ3) is 5.48. The van der Waals surface area contributed by atoms with Crippen molar-refractivity contribution in [3.63, 3.8) is 0 Å². The molecule has 5 aromatic rings. The maximum Gasteiger partial charge on any atom is 0.141 e. The first-order valence-corrected chi connectivity index (χ1v) is 11.8. The lowest BCUT2D eigenvalue weighted by Crippen LogP contribution is -2.09. The van der Waals surface area contributed by atoms with Gasteiger partial charge in [-0.3, -0.25) is 0 Å². The fourth-order valence-corrected chi connectivity index (χ4v) is 4.22. The number of nitrogens with one attached hydrogen (secondary N) is 1. The third-order valence-electron chi connectivity index (χ3n) is 5.65. The molecule has 0 bridgehead atoms. The molecular formula is C28H25ClFN5O. The van der Waals surface area contributed by atoms with Crippen LogP contribution in [0.25, 0.3) is 16.6 Å². The molecule has 36 heavy (non-hydrogen) atoms. The van der Waals surface area contributed by atoms with Gasteiger partial charge < -0.3 is 19.5 Å². The lowest BCUT2D eigenvalue weighted by molar-refractivity contribution is 0.306. The lowest BCUT2D eigenvalue weighted by atomic mass is 10.2. The van der Waals surface area contributed by atoms with E-state index in [1.54, 1.807) is 24.3 Å². The summed E-state index contributed by atoms with van der Waals surface area (Å²) in [5.74, 6) is 0.891. The van der Waals surface area contributed by atoms with E-state index in [1.165, 1.54) is 24.0 Å². The van der Waals surface area contributed by atoms with Crippen molar-refractivity contribution in [2.45, 2.75) is 13.2 Å². The van der Waals surface area contributed by atoms with Crippen molar-refractivity contribution in [2.24, 2.45) is 0 Å². The van der Waals surface area contributed by atoms with Crippen molar-refractivity contribution in [2.75, 3.05) is 19.4 Å². The Morgan fingerprint density at radius 2 is 1.89 bits per heavy atom. The number of aromatic nitrogens is 3. The van der Waals surface area contributed by atoms with E-state index in [0.717, 1.165) is 34.4 Å². The van der Waals surface area contributed by atoms with Crippen molar-refractivity contribution >= 4 is 34.0 Å². The highest BCUT2D eigenvalue weighted by atomic mass is 35.5. The van der Waals surface area contributed by atoms with Crippen LogP contribution in [0.1, 0.15) is 11.1 Å². The molecule has 2 aromatic heterocycles. The molecule has 0 saturated carbocycles. The van der Waals surface area contributed by atoms with Crippen molar-refractivity contribution in [3.8, 4) is 11.4 Å². The van der Waals surface area contributed by atoms with Crippen LogP contribution >= 0.6 is 11.6 Å². The molecule has 182 valence electrons. The number of rotatable bonds is 8. The Hall–Kier alpha value is -3.94. The minimum Gasteiger partial charge on any atom is -0.487 e. The summed E-state index contributed by atoms with van der Waals surface area (Å²) in [6.07, 6.45) is 5.72. The zero-order chi connectivity index (χ0) is 25.1. The first-order chi connectivity index (χ1) is 17.4. The Balaban J connectivity index is 1.36. The summed E-state index contributed by atoms with van der Waals surface area (Å²) in [5, 5.41) is 4.68. The standard InChI is InChI=1S/C28H25ClFN5O/c1-34(2)15-20-10-11-35(16-20)23-7-8-26-24(14-23)28(32-18-31-26)33-22-6-9-27(25(29)13-22)36-17-19-4-3-5-21(30)12-19/h3-14,16,18H,15,17H2,1-2H3,(H,31,32,33). The maximum absolute atomic E-state index is 13.4. The van der Waals surface area contributed by atoms with Crippen LogP contribution in [-0.2, 0) is 13.2 Å². The van der Waals surface area contributed by atoms with Gasteiger partial charge in [-0.15, -0.1) is 0 Å². The SMILES string of the molecule is CN(C)Cc1ccn(-c2ccc3ncnc(Nc4ccc(OCc5cccc(F)c5)c(Cl)c4)c3c2)c1. The first kappa shape index (κ1) is 23.8. The molecule has 1 N–H and O–H groups in total. The van der Waals surface area contributed by atoms with E-state index in [1.807, 2.05) is 18.2 Å². The van der Waals surface area contributed by atoms with Gasteiger partial charge in [0.2, 0.25) is 0 Å². The highest BCUT2D eigenvalue weighted by Crippen LogP contribution is 2.31. The average molecular weight is 502 g/mol. The smallest absolute Gasteiger partial charge is 0.141 e. The van der Waals surface area contributed by atoms with E-state index in [4.69, 9.17) is 16.3 Å². The molecule has 0 radical (unpaired) electrons. The van der Waals surface area contributed by atoms with Crippen LogP contribution in [0.4, 0.5) is 15.9 Å². The minimum absolute atomic E-state index is 0.221. The fraction of sp³-hybridized carbons (Fsp3) is 0.143. The number of anilines is 2. The Kier molecular flexibility index (Phi) is 6.84. The molecule has 0 spiro atoms. The molecule has 3 aromatic carbocycles. The van der Waals surface area contributed by atoms with Gasteiger partial charge in [0, 0.05) is 35.7 Å². The van der Waals surface area contributed by atoms with Gasteiger partial charge >= 0.3 is 0 Å². The van der Waals surface area contributed by atoms with Crippen LogP contribution in [0.15, 0.2) is 85.5 Å². The Bertz CT molecular complexity index is 1520. The summed E-state index contributed by atoms with van der Waals surface area (Å²) in [6.45, 7) is 1.10. The molecule has 0 aliphatic heterocycles. The summed E-state index contributed by atoms with van der Waals surface area (Å²) >= 11 is 6.48. The molecule has 0 atom stereocenters. The van der Waals surface area contributed by atoms with Crippen molar-refractivity contribution in [1.82, 2.24) is 19.4 Å². The molecule has 5 rings (SSSR count). The number of hydrogen-bond acceptors (Lipinski definition) is 5. The van der Waals surface area contributed by atoms with Gasteiger partial charge in [0.1, 0.15) is 30.3 Å². The molecule has 2 heterocycles. The van der Waals surface area contributed by atoms with E-state index in [0.29, 0.717) is 16.6 Å². The van der Waals surface area contributed by atoms with Gasteiger partial charge in [-0.05, 0) is 79.8 Å². The Labute approximate surface area is 213 Å². The predicted octanol–water partition coefficient (Wildman–Crippen LogP) is 6.60. The van der Waals surface area contributed by atoms with Crippen molar-refractivity contribution in [1.29, 1.82) is 0 Å². The van der Waals surface area contributed by atoms with Gasteiger partial charge in [-0.1, -0.05) is 23.7 Å². The summed E-state index contributed by atoms with van der Waals surface area (Å²) in [4.78, 5) is 11.0. The Morgan fingerprint density at radius 3 is 2.69 bits per heavy atom. The molecule has 0 amide bonds. The normalized spacial score (nSPS) is 11.2. The highest BCUT2D eigenvalue weighted by molar-refractivity contribution is 6.32. The van der Waals surface area contributed by atoms with Gasteiger partial charge in [-0.25, -0.2) is 14.4 Å². The molecule has 0 aliphatic rings. The second-order valence-corrected chi connectivity index (χ2v) is 9.18. The van der Waals surface area contributed by atoms with Gasteiger partial charge in [0.25, 0.3) is 0 Å². The molecule has 0 saturated heterocycles. The van der Waals surface area contributed by atoms with E-state index >= 15 is 0 Å². The summed E-state index contributed by atoms with van der Waals surface area (Å²) in [5.41, 5.74) is 4.57. The number of ether oxygens (including phenoxy) is 1. The van der Waals surface area contributed by atoms with E-state index in [-0.39, 0.29) is 12.4 Å². The molecule has 8 heteroatoms. The van der Waals surface area contributed by atoms with E-state index in [9.17, 15) is 4.39 Å². The zero-order valence-corrected chi connectivity index (χ0v) is 20.7. The molecule has 0 aliphatic carbocycles. The number of benzene rings is 3. The number of halogens is 2. The summed E-state index contributed by atoms with van der Waals surface area (Å²) in [7, 11) is 4.11. The van der Waals surface area contributed by atoms with Crippen LogP contribution in [0, 0.1) is 5.82 Å². The lowest BCUT2D eigenvalue weighted by Gasteiger charge is -2.13. The largest absolute Gasteiger partial charge is 0.487 e. The summed E-state index contributed by atoms with van der Waals surface area (Å²) < 4.78 is 21.3. The average Bonchev–Trinajstić information content (AvgIpc) is 3.31. The monoisotopic (exact) mass is 501 g/mol. The Morgan fingerprint density at radius 1 is 1.00 bits per heavy atom. The van der Waals surface area contributed by atoms with Crippen LogP contribution in [-0.4, -0.2) is 33.5 Å². The fourth-order valence-electron chi connectivity index (χ4n) is 3.99. The quantitative estimate of drug-likeness (QED) is 0.260. The van der Waals surface area contributed by atoms with E-state index in [2.05, 4.69) is 63.4 Å². The molecular weight excluding hydrogens is 477 g/mol. The minimum atomic E-state index is -0.298. The number of fused-ring (bicyclic) bond motifs is 1. The number of nitrogens with zero attached hydrogens (tertiary/aromatic N) is 4. The first-order valence-electron chi connectivity index (χ1n) is 11.5. The van der Waals surface area contributed by atoms with Crippen molar-refractivity contribution < 1.29 is 9.13 Å². The predicted molar refractivity (Wildman–Crippen MR) is 142 cm³/mol. The molecule has 6 nitrogen and oxygen atoms in total. The highest BCUT2D eigenvalue weighted by Gasteiger charge is 2.10. The zero-order valence-electron chi connectivity index (χ0n) is 20.0. The van der Waals surface area contributed by atoms with Gasteiger partial charge in [-0.2, -0.15) is 0 Å². The second kappa shape index (κ2) is 10.4. The summed E-state index contributed by atoms with van der Waals surface area (Å²) in [6, 6.07) is 19.9. The van der Waals surface area contributed by atoms with Crippen molar-refractivity contribution in [3.05, 3.63) is 107 Å². The number of hydrogen-bond donors (Lipinski definition) is 1. The van der Waals surface area contributed by atoms with Crippen LogP contribution < -0.4 is 10.1 Å².